The van der Waals surface area contributed by atoms with Crippen LogP contribution in [-0.2, 0) is 0 Å². The number of ether oxygens (including phenoxy) is 1. The van der Waals surface area contributed by atoms with E-state index in [1.54, 1.807) is 24.3 Å². The van der Waals surface area contributed by atoms with Gasteiger partial charge in [-0.2, -0.15) is 0 Å². The van der Waals surface area contributed by atoms with Gasteiger partial charge in [0.2, 0.25) is 0 Å². The summed E-state index contributed by atoms with van der Waals surface area (Å²) in [6.45, 7) is 5.32. The van der Waals surface area contributed by atoms with Gasteiger partial charge in [0.05, 0.1) is 6.61 Å². The average Bonchev–Trinajstić information content (AvgIpc) is 2.71. The number of carbonyl (C=O) groups is 1. The maximum atomic E-state index is 12.4. The van der Waals surface area contributed by atoms with E-state index in [4.69, 9.17) is 4.74 Å². The first-order chi connectivity index (χ1) is 13.2. The van der Waals surface area contributed by atoms with Crippen molar-refractivity contribution < 1.29 is 9.53 Å². The normalized spacial score (nSPS) is 10.3. The lowest BCUT2D eigenvalue weighted by atomic mass is 10.2. The molecule has 0 unspecified atom stereocenters. The summed E-state index contributed by atoms with van der Waals surface area (Å²) in [6, 6.07) is 20.6. The molecule has 0 saturated carbocycles. The minimum absolute atomic E-state index is 0.261. The Balaban J connectivity index is 1.69. The minimum atomic E-state index is -0.305. The maximum Gasteiger partial charge on any atom is 0.276 e. The molecule has 0 saturated heterocycles. The van der Waals surface area contributed by atoms with Gasteiger partial charge >= 0.3 is 0 Å². The van der Waals surface area contributed by atoms with Gasteiger partial charge in [-0.25, -0.2) is 0 Å². The molecule has 0 aliphatic carbocycles. The van der Waals surface area contributed by atoms with E-state index in [-0.39, 0.29) is 11.6 Å². The van der Waals surface area contributed by atoms with E-state index in [1.165, 1.54) is 0 Å². The SMILES string of the molecule is CCOc1ccc(NC(=O)c2ccc(N(CC)c3ccccc3)nn2)cc1. The Bertz CT molecular complexity index is 865. The zero-order valence-electron chi connectivity index (χ0n) is 15.4. The van der Waals surface area contributed by atoms with E-state index < -0.39 is 0 Å². The molecule has 3 rings (SSSR count). The molecule has 0 aliphatic heterocycles. The first-order valence-electron chi connectivity index (χ1n) is 8.91. The zero-order valence-corrected chi connectivity index (χ0v) is 15.4. The van der Waals surface area contributed by atoms with E-state index in [0.717, 1.165) is 18.0 Å². The molecule has 0 bridgehead atoms. The number of anilines is 3. The van der Waals surface area contributed by atoms with Gasteiger partial charge in [-0.3, -0.25) is 4.79 Å². The van der Waals surface area contributed by atoms with Gasteiger partial charge < -0.3 is 15.0 Å². The Kier molecular flexibility index (Phi) is 5.99. The molecule has 6 nitrogen and oxygen atoms in total. The van der Waals surface area contributed by atoms with Crippen molar-refractivity contribution in [2.75, 3.05) is 23.4 Å². The fourth-order valence-electron chi connectivity index (χ4n) is 2.67. The van der Waals surface area contributed by atoms with Crippen molar-refractivity contribution in [2.45, 2.75) is 13.8 Å². The third-order valence-electron chi connectivity index (χ3n) is 3.97. The third-order valence-corrected chi connectivity index (χ3v) is 3.97. The lowest BCUT2D eigenvalue weighted by molar-refractivity contribution is 0.102. The summed E-state index contributed by atoms with van der Waals surface area (Å²) in [4.78, 5) is 14.4. The number of para-hydroxylation sites is 1. The lowest BCUT2D eigenvalue weighted by Gasteiger charge is -2.21. The van der Waals surface area contributed by atoms with Crippen LogP contribution in [-0.4, -0.2) is 29.3 Å². The summed E-state index contributed by atoms with van der Waals surface area (Å²) in [5.41, 5.74) is 1.96. The average molecular weight is 362 g/mol. The van der Waals surface area contributed by atoms with Crippen LogP contribution < -0.4 is 15.0 Å². The number of nitrogens with zero attached hydrogens (tertiary/aromatic N) is 3. The summed E-state index contributed by atoms with van der Waals surface area (Å²) < 4.78 is 5.39. The lowest BCUT2D eigenvalue weighted by Crippen LogP contribution is -2.19. The Labute approximate surface area is 158 Å². The molecule has 0 radical (unpaired) electrons. The monoisotopic (exact) mass is 362 g/mol. The summed E-state index contributed by atoms with van der Waals surface area (Å²) in [5.74, 6) is 1.16. The van der Waals surface area contributed by atoms with Crippen LogP contribution in [0.4, 0.5) is 17.2 Å². The van der Waals surface area contributed by atoms with Gasteiger partial charge in [0, 0.05) is 17.9 Å². The number of rotatable bonds is 7. The molecule has 27 heavy (non-hydrogen) atoms. The number of nitrogens with one attached hydrogen (secondary N) is 1. The predicted octanol–water partition coefficient (Wildman–Crippen LogP) is 4.29. The smallest absolute Gasteiger partial charge is 0.276 e. The van der Waals surface area contributed by atoms with Crippen LogP contribution in [0.5, 0.6) is 5.75 Å². The second-order valence-corrected chi connectivity index (χ2v) is 5.77. The topological polar surface area (TPSA) is 67.3 Å². The van der Waals surface area contributed by atoms with Gasteiger partial charge in [-0.05, 0) is 62.4 Å². The van der Waals surface area contributed by atoms with E-state index >= 15 is 0 Å². The largest absolute Gasteiger partial charge is 0.494 e. The van der Waals surface area contributed by atoms with Crippen LogP contribution in [0, 0.1) is 0 Å². The Morgan fingerprint density at radius 1 is 0.963 bits per heavy atom. The number of aromatic nitrogens is 2. The highest BCUT2D eigenvalue weighted by Crippen LogP contribution is 2.22. The van der Waals surface area contributed by atoms with Crippen LogP contribution >= 0.6 is 0 Å². The second-order valence-electron chi connectivity index (χ2n) is 5.77. The predicted molar refractivity (Wildman–Crippen MR) is 107 cm³/mol. The molecule has 1 aromatic heterocycles. The van der Waals surface area contributed by atoms with E-state index in [0.29, 0.717) is 18.1 Å². The Morgan fingerprint density at radius 2 is 1.70 bits per heavy atom. The molecule has 1 N–H and O–H groups in total. The molecule has 1 amide bonds. The number of amides is 1. The van der Waals surface area contributed by atoms with Crippen molar-refractivity contribution in [1.29, 1.82) is 0 Å². The molecule has 2 aromatic carbocycles. The first kappa shape index (κ1) is 18.4. The van der Waals surface area contributed by atoms with Gasteiger partial charge in [0.25, 0.3) is 5.91 Å². The van der Waals surface area contributed by atoms with Gasteiger partial charge in [-0.1, -0.05) is 18.2 Å². The second kappa shape index (κ2) is 8.80. The molecular weight excluding hydrogens is 340 g/mol. The van der Waals surface area contributed by atoms with Crippen LogP contribution in [0.15, 0.2) is 66.7 Å². The maximum absolute atomic E-state index is 12.4. The standard InChI is InChI=1S/C21H22N4O2/c1-3-25(17-8-6-5-7-9-17)20-15-14-19(23-24-20)21(26)22-16-10-12-18(13-11-16)27-4-2/h5-15H,3-4H2,1-2H3,(H,22,26). The highest BCUT2D eigenvalue weighted by atomic mass is 16.5. The van der Waals surface area contributed by atoms with Crippen LogP contribution in [0.3, 0.4) is 0 Å². The fraction of sp³-hybridized carbons (Fsp3) is 0.190. The third kappa shape index (κ3) is 4.61. The van der Waals surface area contributed by atoms with Gasteiger partial charge in [0.1, 0.15) is 5.75 Å². The van der Waals surface area contributed by atoms with E-state index in [9.17, 15) is 4.79 Å². The highest BCUT2D eigenvalue weighted by Gasteiger charge is 2.12. The number of carbonyl (C=O) groups excluding carboxylic acids is 1. The summed E-state index contributed by atoms with van der Waals surface area (Å²) >= 11 is 0. The van der Waals surface area contributed by atoms with Crippen molar-refractivity contribution in [3.8, 4) is 5.75 Å². The molecule has 0 spiro atoms. The fourth-order valence-corrected chi connectivity index (χ4v) is 2.67. The highest BCUT2D eigenvalue weighted by molar-refractivity contribution is 6.02. The van der Waals surface area contributed by atoms with Crippen molar-refractivity contribution in [2.24, 2.45) is 0 Å². The van der Waals surface area contributed by atoms with Crippen molar-refractivity contribution in [3.63, 3.8) is 0 Å². The van der Waals surface area contributed by atoms with Crippen molar-refractivity contribution in [1.82, 2.24) is 10.2 Å². The van der Waals surface area contributed by atoms with Crippen molar-refractivity contribution >= 4 is 23.1 Å². The minimum Gasteiger partial charge on any atom is -0.494 e. The summed E-state index contributed by atoms with van der Waals surface area (Å²) in [7, 11) is 0. The molecule has 0 fully saturated rings. The molecule has 138 valence electrons. The van der Waals surface area contributed by atoms with E-state index in [2.05, 4.69) is 15.5 Å². The zero-order chi connectivity index (χ0) is 19.1. The van der Waals surface area contributed by atoms with E-state index in [1.807, 2.05) is 61.2 Å². The summed E-state index contributed by atoms with van der Waals surface area (Å²) in [5, 5.41) is 11.1. The van der Waals surface area contributed by atoms with Crippen LogP contribution in [0.1, 0.15) is 24.3 Å². The molecule has 6 heteroatoms. The quantitative estimate of drug-likeness (QED) is 0.679. The van der Waals surface area contributed by atoms with Gasteiger partial charge in [0.15, 0.2) is 11.5 Å². The van der Waals surface area contributed by atoms with Crippen LogP contribution in [0.25, 0.3) is 0 Å². The first-order valence-corrected chi connectivity index (χ1v) is 8.91. The van der Waals surface area contributed by atoms with Crippen LogP contribution in [0.2, 0.25) is 0 Å². The molecular formula is C21H22N4O2. The summed E-state index contributed by atoms with van der Waals surface area (Å²) in [6.07, 6.45) is 0. The Hall–Kier alpha value is -3.41. The Morgan fingerprint density at radius 3 is 2.30 bits per heavy atom. The molecule has 1 heterocycles. The molecule has 0 aliphatic rings. The molecule has 3 aromatic rings. The number of hydrogen-bond donors (Lipinski definition) is 1. The number of benzene rings is 2. The van der Waals surface area contributed by atoms with Gasteiger partial charge in [-0.15, -0.1) is 10.2 Å². The number of hydrogen-bond acceptors (Lipinski definition) is 5. The van der Waals surface area contributed by atoms with Crippen molar-refractivity contribution in [3.05, 3.63) is 72.4 Å². The molecule has 0 atom stereocenters.